The summed E-state index contributed by atoms with van der Waals surface area (Å²) < 4.78 is 8.25. The Balaban J connectivity index is 1.29. The first-order valence-electron chi connectivity index (χ1n) is 8.75. The minimum absolute atomic E-state index is 0.137. The van der Waals surface area contributed by atoms with Gasteiger partial charge in [0.1, 0.15) is 11.5 Å². The summed E-state index contributed by atoms with van der Waals surface area (Å²) in [7, 11) is 0. The zero-order valence-electron chi connectivity index (χ0n) is 14.8. The van der Waals surface area contributed by atoms with Crippen molar-refractivity contribution in [3.05, 3.63) is 58.8 Å². The van der Waals surface area contributed by atoms with Crippen LogP contribution in [0.25, 0.3) is 0 Å². The second kappa shape index (κ2) is 8.24. The lowest BCUT2D eigenvalue weighted by Gasteiger charge is -2.08. The number of aromatic nitrogens is 3. The highest BCUT2D eigenvalue weighted by atomic mass is 79.9. The zero-order chi connectivity index (χ0) is 19.5. The average molecular weight is 460 g/mol. The van der Waals surface area contributed by atoms with Crippen LogP contribution >= 0.6 is 27.7 Å². The molecule has 0 spiro atoms. The maximum Gasteiger partial charge on any atom is 0.234 e. The van der Waals surface area contributed by atoms with Crippen molar-refractivity contribution in [1.29, 1.82) is 0 Å². The third kappa shape index (κ3) is 4.66. The molecule has 0 saturated heterocycles. The third-order valence-electron chi connectivity index (χ3n) is 4.15. The van der Waals surface area contributed by atoms with Crippen LogP contribution in [0.2, 0.25) is 0 Å². The molecule has 1 aliphatic carbocycles. The lowest BCUT2D eigenvalue weighted by Crippen LogP contribution is -2.17. The van der Waals surface area contributed by atoms with Gasteiger partial charge < -0.3 is 15.9 Å². The number of nitrogen functional groups attached to an aromatic ring is 1. The van der Waals surface area contributed by atoms with Crippen molar-refractivity contribution < 1.29 is 9.53 Å². The Morgan fingerprint density at radius 3 is 2.43 bits per heavy atom. The summed E-state index contributed by atoms with van der Waals surface area (Å²) in [5.74, 6) is 8.71. The molecule has 0 atom stereocenters. The number of anilines is 1. The van der Waals surface area contributed by atoms with Gasteiger partial charge in [-0.15, -0.1) is 10.2 Å². The molecule has 1 heterocycles. The predicted molar refractivity (Wildman–Crippen MR) is 112 cm³/mol. The van der Waals surface area contributed by atoms with Crippen LogP contribution in [0, 0.1) is 0 Å². The predicted octanol–water partition coefficient (Wildman–Crippen LogP) is 4.15. The van der Waals surface area contributed by atoms with Crippen molar-refractivity contribution in [3.63, 3.8) is 0 Å². The number of benzene rings is 2. The van der Waals surface area contributed by atoms with Crippen LogP contribution in [0.3, 0.4) is 0 Å². The van der Waals surface area contributed by atoms with Gasteiger partial charge in [0.25, 0.3) is 0 Å². The highest BCUT2D eigenvalue weighted by Crippen LogP contribution is 2.39. The Labute approximate surface area is 174 Å². The molecule has 1 saturated carbocycles. The number of amides is 1. The Hall–Kier alpha value is -2.52. The van der Waals surface area contributed by atoms with Crippen molar-refractivity contribution in [2.24, 2.45) is 0 Å². The molecule has 4 rings (SSSR count). The van der Waals surface area contributed by atoms with Gasteiger partial charge in [-0.25, -0.2) is 4.68 Å². The molecule has 3 aromatic rings. The molecule has 1 fully saturated rings. The van der Waals surface area contributed by atoms with Crippen LogP contribution in [-0.2, 0) is 4.79 Å². The van der Waals surface area contributed by atoms with Crippen LogP contribution in [0.5, 0.6) is 11.5 Å². The van der Waals surface area contributed by atoms with E-state index in [1.165, 1.54) is 16.4 Å². The summed E-state index contributed by atoms with van der Waals surface area (Å²) in [4.78, 5) is 12.2. The first-order chi connectivity index (χ1) is 13.6. The molecule has 28 heavy (non-hydrogen) atoms. The monoisotopic (exact) mass is 459 g/mol. The van der Waals surface area contributed by atoms with E-state index in [0.717, 1.165) is 28.9 Å². The lowest BCUT2D eigenvalue weighted by atomic mass is 10.3. The van der Waals surface area contributed by atoms with E-state index in [0.29, 0.717) is 22.5 Å². The molecule has 1 aliphatic rings. The maximum absolute atomic E-state index is 12.2. The SMILES string of the molecule is Nn1c(SCC(=O)Nc2ccc(Oc3ccc(Br)cc3)cc2)nnc1C1CC1. The van der Waals surface area contributed by atoms with Gasteiger partial charge in [-0.1, -0.05) is 27.7 Å². The molecule has 9 heteroatoms. The quantitative estimate of drug-likeness (QED) is 0.406. The van der Waals surface area contributed by atoms with E-state index < -0.39 is 0 Å². The summed E-state index contributed by atoms with van der Waals surface area (Å²) in [6, 6.07) is 14.8. The van der Waals surface area contributed by atoms with Crippen LogP contribution < -0.4 is 15.9 Å². The van der Waals surface area contributed by atoms with Crippen molar-refractivity contribution >= 4 is 39.3 Å². The summed E-state index contributed by atoms with van der Waals surface area (Å²) in [6.45, 7) is 0. The van der Waals surface area contributed by atoms with Crippen molar-refractivity contribution in [2.75, 3.05) is 16.9 Å². The van der Waals surface area contributed by atoms with Crippen molar-refractivity contribution in [2.45, 2.75) is 23.9 Å². The highest BCUT2D eigenvalue weighted by Gasteiger charge is 2.30. The van der Waals surface area contributed by atoms with Crippen LogP contribution in [0.15, 0.2) is 58.2 Å². The molecule has 0 radical (unpaired) electrons. The number of nitrogens with zero attached hydrogens (tertiary/aromatic N) is 3. The molecule has 0 aliphatic heterocycles. The number of ether oxygens (including phenoxy) is 1. The second-order valence-corrected chi connectivity index (χ2v) is 8.26. The van der Waals surface area contributed by atoms with E-state index >= 15 is 0 Å². The number of hydrogen-bond acceptors (Lipinski definition) is 6. The van der Waals surface area contributed by atoms with Crippen molar-refractivity contribution in [3.8, 4) is 11.5 Å². The molecular weight excluding hydrogens is 442 g/mol. The van der Waals surface area contributed by atoms with Gasteiger partial charge in [0.15, 0.2) is 5.82 Å². The molecule has 2 aromatic carbocycles. The van der Waals surface area contributed by atoms with Gasteiger partial charge >= 0.3 is 0 Å². The number of carbonyl (C=O) groups excluding carboxylic acids is 1. The number of rotatable bonds is 7. The maximum atomic E-state index is 12.2. The van der Waals surface area contributed by atoms with E-state index in [1.807, 2.05) is 36.4 Å². The molecule has 1 aromatic heterocycles. The summed E-state index contributed by atoms with van der Waals surface area (Å²) in [5, 5.41) is 11.6. The van der Waals surface area contributed by atoms with Gasteiger partial charge in [-0.2, -0.15) is 0 Å². The molecule has 1 amide bonds. The Bertz CT molecular complexity index is 971. The molecule has 3 N–H and O–H groups in total. The molecule has 0 bridgehead atoms. The number of carbonyl (C=O) groups is 1. The number of halogens is 1. The van der Waals surface area contributed by atoms with E-state index in [1.54, 1.807) is 12.1 Å². The molecule has 7 nitrogen and oxygen atoms in total. The van der Waals surface area contributed by atoms with Crippen LogP contribution in [0.4, 0.5) is 5.69 Å². The summed E-state index contributed by atoms with van der Waals surface area (Å²) in [6.07, 6.45) is 2.20. The highest BCUT2D eigenvalue weighted by molar-refractivity contribution is 9.10. The van der Waals surface area contributed by atoms with Crippen molar-refractivity contribution in [1.82, 2.24) is 14.9 Å². The Morgan fingerprint density at radius 1 is 1.14 bits per heavy atom. The van der Waals surface area contributed by atoms with Gasteiger partial charge in [0.2, 0.25) is 11.1 Å². The number of hydrogen-bond donors (Lipinski definition) is 2. The minimum Gasteiger partial charge on any atom is -0.457 e. The topological polar surface area (TPSA) is 95.1 Å². The van der Waals surface area contributed by atoms with Crippen LogP contribution in [0.1, 0.15) is 24.6 Å². The zero-order valence-corrected chi connectivity index (χ0v) is 17.2. The smallest absolute Gasteiger partial charge is 0.234 e. The van der Waals surface area contributed by atoms with Crippen LogP contribution in [-0.4, -0.2) is 26.5 Å². The second-order valence-electron chi connectivity index (χ2n) is 6.40. The first-order valence-corrected chi connectivity index (χ1v) is 10.5. The molecule has 0 unspecified atom stereocenters. The first kappa shape index (κ1) is 18.8. The standard InChI is InChI=1S/C19H18BrN5O2S/c20-13-3-7-15(8-4-13)27-16-9-5-14(6-10-16)22-17(26)11-28-19-24-23-18(25(19)21)12-1-2-12/h3-10,12H,1-2,11,21H2,(H,22,26). The Kier molecular flexibility index (Phi) is 5.54. The van der Waals surface area contributed by atoms with Gasteiger partial charge in [0, 0.05) is 16.1 Å². The average Bonchev–Trinajstić information content (AvgIpc) is 3.47. The minimum atomic E-state index is -0.137. The largest absolute Gasteiger partial charge is 0.457 e. The molecule has 144 valence electrons. The fourth-order valence-electron chi connectivity index (χ4n) is 2.58. The van der Waals surface area contributed by atoms with Gasteiger partial charge in [-0.05, 0) is 61.4 Å². The number of nitrogens with one attached hydrogen (secondary N) is 1. The normalized spacial score (nSPS) is 13.3. The van der Waals surface area contributed by atoms with E-state index in [-0.39, 0.29) is 11.7 Å². The molecular formula is C19H18BrN5O2S. The fourth-order valence-corrected chi connectivity index (χ4v) is 3.51. The van der Waals surface area contributed by atoms with E-state index in [2.05, 4.69) is 31.4 Å². The third-order valence-corrected chi connectivity index (χ3v) is 5.62. The van der Waals surface area contributed by atoms with Gasteiger partial charge in [0.05, 0.1) is 5.75 Å². The fraction of sp³-hybridized carbons (Fsp3) is 0.211. The van der Waals surface area contributed by atoms with E-state index in [4.69, 9.17) is 10.6 Å². The van der Waals surface area contributed by atoms with E-state index in [9.17, 15) is 4.79 Å². The number of nitrogens with two attached hydrogens (primary N) is 1. The number of thioether (sulfide) groups is 1. The lowest BCUT2D eigenvalue weighted by molar-refractivity contribution is -0.113. The summed E-state index contributed by atoms with van der Waals surface area (Å²) in [5.41, 5.74) is 0.696. The van der Waals surface area contributed by atoms with Gasteiger partial charge in [-0.3, -0.25) is 4.79 Å². The Morgan fingerprint density at radius 2 is 1.79 bits per heavy atom. The summed E-state index contributed by atoms with van der Waals surface area (Å²) >= 11 is 4.66.